The largest absolute Gasteiger partial charge is 0.295 e. The van der Waals surface area contributed by atoms with E-state index in [0.717, 1.165) is 18.5 Å². The maximum absolute atomic E-state index is 5.44. The quantitative estimate of drug-likeness (QED) is 0.743. The third kappa shape index (κ3) is 3.69. The van der Waals surface area contributed by atoms with Gasteiger partial charge < -0.3 is 0 Å². The van der Waals surface area contributed by atoms with Gasteiger partial charge in [-0.1, -0.05) is 19.3 Å². The summed E-state index contributed by atoms with van der Waals surface area (Å²) in [5.74, 6) is 2.74. The van der Waals surface area contributed by atoms with E-state index < -0.39 is 0 Å². The molecule has 15 heavy (non-hydrogen) atoms. The van der Waals surface area contributed by atoms with Crippen molar-refractivity contribution >= 4 is 0 Å². The summed E-state index contributed by atoms with van der Waals surface area (Å²) in [4.78, 5) is 8.26. The third-order valence-electron chi connectivity index (χ3n) is 2.26. The lowest BCUT2D eigenvalue weighted by Crippen LogP contribution is -2.30. The van der Waals surface area contributed by atoms with Crippen molar-refractivity contribution < 1.29 is 0 Å². The van der Waals surface area contributed by atoms with Gasteiger partial charge in [0.05, 0.1) is 11.7 Å². The highest BCUT2D eigenvalue weighted by Crippen LogP contribution is 2.09. The van der Waals surface area contributed by atoms with Gasteiger partial charge in [-0.25, -0.2) is 0 Å². The number of terminal acetylenes is 1. The van der Waals surface area contributed by atoms with Crippen LogP contribution < -0.4 is 5.32 Å². The molecule has 1 aromatic heterocycles. The number of rotatable bonds is 5. The van der Waals surface area contributed by atoms with Crippen molar-refractivity contribution in [1.82, 2.24) is 15.3 Å². The van der Waals surface area contributed by atoms with Gasteiger partial charge >= 0.3 is 0 Å². The zero-order valence-electron chi connectivity index (χ0n) is 9.27. The van der Waals surface area contributed by atoms with E-state index in [2.05, 4.69) is 28.1 Å². The molecule has 3 nitrogen and oxygen atoms in total. The molecule has 3 heteroatoms. The minimum atomic E-state index is 0.118. The molecule has 0 bridgehead atoms. The van der Waals surface area contributed by atoms with Crippen LogP contribution in [0.25, 0.3) is 0 Å². The molecule has 0 spiro atoms. The lowest BCUT2D eigenvalue weighted by Gasteiger charge is -2.17. The Labute approximate surface area is 91.3 Å². The minimum absolute atomic E-state index is 0.118. The molecule has 0 radical (unpaired) electrons. The lowest BCUT2D eigenvalue weighted by atomic mass is 10.1. The summed E-state index contributed by atoms with van der Waals surface area (Å²) in [7, 11) is 0. The van der Waals surface area contributed by atoms with Crippen LogP contribution in [0.1, 0.15) is 38.4 Å². The van der Waals surface area contributed by atoms with E-state index in [9.17, 15) is 0 Å². The summed E-state index contributed by atoms with van der Waals surface area (Å²) in [5, 5.41) is 3.35. The summed E-state index contributed by atoms with van der Waals surface area (Å²) in [6, 6.07) is 0.262. The zero-order chi connectivity index (χ0) is 11.1. The molecule has 1 rings (SSSR count). The van der Waals surface area contributed by atoms with Crippen LogP contribution in [0, 0.1) is 12.3 Å². The number of hydrogen-bond acceptors (Lipinski definition) is 3. The molecular weight excluding hydrogens is 186 g/mol. The molecular formula is C12H17N3. The molecule has 1 N–H and O–H groups in total. The van der Waals surface area contributed by atoms with Crippen molar-refractivity contribution in [3.8, 4) is 12.3 Å². The molecule has 2 atom stereocenters. The van der Waals surface area contributed by atoms with E-state index in [1.807, 2.05) is 6.92 Å². The van der Waals surface area contributed by atoms with Crippen LogP contribution in [-0.4, -0.2) is 16.0 Å². The molecule has 0 amide bonds. The average Bonchev–Trinajstić information content (AvgIpc) is 2.29. The van der Waals surface area contributed by atoms with Crippen LogP contribution >= 0.6 is 0 Å². The van der Waals surface area contributed by atoms with Gasteiger partial charge in [0.25, 0.3) is 0 Å². The van der Waals surface area contributed by atoms with Crippen molar-refractivity contribution in [2.45, 2.75) is 38.8 Å². The molecule has 0 aromatic carbocycles. The molecule has 0 fully saturated rings. The van der Waals surface area contributed by atoms with Crippen LogP contribution in [0.2, 0.25) is 0 Å². The fourth-order valence-corrected chi connectivity index (χ4v) is 1.42. The fourth-order valence-electron chi connectivity index (χ4n) is 1.42. The zero-order valence-corrected chi connectivity index (χ0v) is 9.27. The second-order valence-electron chi connectivity index (χ2n) is 3.53. The third-order valence-corrected chi connectivity index (χ3v) is 2.26. The number of hydrogen-bond donors (Lipinski definition) is 1. The minimum Gasteiger partial charge on any atom is -0.295 e. The Morgan fingerprint density at radius 1 is 1.53 bits per heavy atom. The molecule has 0 aliphatic carbocycles. The molecule has 0 aliphatic heterocycles. The number of aromatic nitrogens is 2. The molecule has 1 heterocycles. The SMILES string of the molecule is C#CC(CCC)NC(C)c1cnccn1. The van der Waals surface area contributed by atoms with E-state index >= 15 is 0 Å². The number of nitrogens with one attached hydrogen (secondary N) is 1. The van der Waals surface area contributed by atoms with Gasteiger partial charge in [0.1, 0.15) is 0 Å². The molecule has 1 aromatic rings. The Morgan fingerprint density at radius 2 is 2.33 bits per heavy atom. The lowest BCUT2D eigenvalue weighted by molar-refractivity contribution is 0.486. The first-order valence-corrected chi connectivity index (χ1v) is 5.26. The van der Waals surface area contributed by atoms with Crippen molar-refractivity contribution in [2.75, 3.05) is 0 Å². The second-order valence-corrected chi connectivity index (χ2v) is 3.53. The monoisotopic (exact) mass is 203 g/mol. The van der Waals surface area contributed by atoms with Crippen LogP contribution in [0.15, 0.2) is 18.6 Å². The summed E-state index contributed by atoms with van der Waals surface area (Å²) in [6.07, 6.45) is 12.6. The highest BCUT2D eigenvalue weighted by Gasteiger charge is 2.11. The molecule has 0 saturated heterocycles. The predicted octanol–water partition coefficient (Wildman–Crippen LogP) is 1.93. The van der Waals surface area contributed by atoms with Gasteiger partial charge in [-0.15, -0.1) is 6.42 Å². The van der Waals surface area contributed by atoms with E-state index in [0.29, 0.717) is 0 Å². The average molecular weight is 203 g/mol. The first-order chi connectivity index (χ1) is 7.27. The summed E-state index contributed by atoms with van der Waals surface area (Å²) in [5.41, 5.74) is 0.925. The standard InChI is InChI=1S/C12H17N3/c1-4-6-11(5-2)15-10(3)12-9-13-7-8-14-12/h2,7-11,15H,4,6H2,1,3H3. The van der Waals surface area contributed by atoms with Crippen LogP contribution in [0.4, 0.5) is 0 Å². The Bertz CT molecular complexity index is 315. The van der Waals surface area contributed by atoms with E-state index in [-0.39, 0.29) is 12.1 Å². The maximum Gasteiger partial charge on any atom is 0.0753 e. The molecule has 80 valence electrons. The van der Waals surface area contributed by atoms with Gasteiger partial charge in [-0.3, -0.25) is 15.3 Å². The Balaban J connectivity index is 2.55. The molecule has 0 aliphatic rings. The Morgan fingerprint density at radius 3 is 2.87 bits per heavy atom. The van der Waals surface area contributed by atoms with Crippen molar-refractivity contribution in [2.24, 2.45) is 0 Å². The topological polar surface area (TPSA) is 37.8 Å². The van der Waals surface area contributed by atoms with E-state index in [4.69, 9.17) is 6.42 Å². The second kappa shape index (κ2) is 6.15. The normalized spacial score (nSPS) is 14.2. The highest BCUT2D eigenvalue weighted by atomic mass is 15.0. The summed E-state index contributed by atoms with van der Waals surface area (Å²) < 4.78 is 0. The first kappa shape index (κ1) is 11.7. The van der Waals surface area contributed by atoms with Gasteiger partial charge in [0.15, 0.2) is 0 Å². The summed E-state index contributed by atoms with van der Waals surface area (Å²) >= 11 is 0. The van der Waals surface area contributed by atoms with Gasteiger partial charge in [0, 0.05) is 24.6 Å². The predicted molar refractivity (Wildman–Crippen MR) is 61.1 cm³/mol. The first-order valence-electron chi connectivity index (χ1n) is 5.26. The van der Waals surface area contributed by atoms with Crippen LogP contribution in [0.3, 0.4) is 0 Å². The highest BCUT2D eigenvalue weighted by molar-refractivity contribution is 5.05. The fraction of sp³-hybridized carbons (Fsp3) is 0.500. The van der Waals surface area contributed by atoms with Crippen LogP contribution in [0.5, 0.6) is 0 Å². The van der Waals surface area contributed by atoms with E-state index in [1.165, 1.54) is 0 Å². The van der Waals surface area contributed by atoms with Crippen molar-refractivity contribution in [3.63, 3.8) is 0 Å². The Kier molecular flexibility index (Phi) is 4.79. The van der Waals surface area contributed by atoms with Crippen molar-refractivity contribution in [3.05, 3.63) is 24.3 Å². The van der Waals surface area contributed by atoms with Crippen LogP contribution in [-0.2, 0) is 0 Å². The smallest absolute Gasteiger partial charge is 0.0753 e. The van der Waals surface area contributed by atoms with Crippen molar-refractivity contribution in [1.29, 1.82) is 0 Å². The molecule has 2 unspecified atom stereocenters. The maximum atomic E-state index is 5.44. The summed E-state index contributed by atoms with van der Waals surface area (Å²) in [6.45, 7) is 4.17. The van der Waals surface area contributed by atoms with Gasteiger partial charge in [0.2, 0.25) is 0 Å². The van der Waals surface area contributed by atoms with E-state index in [1.54, 1.807) is 18.6 Å². The molecule has 0 saturated carbocycles. The van der Waals surface area contributed by atoms with Gasteiger partial charge in [-0.2, -0.15) is 0 Å². The Hall–Kier alpha value is -1.40. The van der Waals surface area contributed by atoms with Gasteiger partial charge in [-0.05, 0) is 13.3 Å². The number of nitrogens with zero attached hydrogens (tertiary/aromatic N) is 2.